The van der Waals surface area contributed by atoms with E-state index in [4.69, 9.17) is 0 Å². The number of amides is 1. The van der Waals surface area contributed by atoms with Crippen LogP contribution in [0.1, 0.15) is 24.4 Å². The molecular formula is C12H16BrN5O. The molecular weight excluding hydrogens is 310 g/mol. The summed E-state index contributed by atoms with van der Waals surface area (Å²) >= 11 is 3.39. The maximum absolute atomic E-state index is 12.1. The van der Waals surface area contributed by atoms with Crippen molar-refractivity contribution in [1.82, 2.24) is 24.9 Å². The number of halogens is 1. The highest BCUT2D eigenvalue weighted by atomic mass is 79.9. The highest BCUT2D eigenvalue weighted by molar-refractivity contribution is 9.10. The lowest BCUT2D eigenvalue weighted by molar-refractivity contribution is -0.124. The van der Waals surface area contributed by atoms with Crippen LogP contribution in [0.4, 0.5) is 0 Å². The molecule has 1 amide bonds. The van der Waals surface area contributed by atoms with Gasteiger partial charge in [-0.15, -0.1) is 0 Å². The van der Waals surface area contributed by atoms with Crippen LogP contribution < -0.4 is 5.32 Å². The average Bonchev–Trinajstić information content (AvgIpc) is 2.93. The van der Waals surface area contributed by atoms with Crippen LogP contribution in [-0.4, -0.2) is 25.5 Å². The second-order valence-corrected chi connectivity index (χ2v) is 5.24. The van der Waals surface area contributed by atoms with Gasteiger partial charge in [-0.1, -0.05) is 0 Å². The van der Waals surface area contributed by atoms with Gasteiger partial charge in [0.2, 0.25) is 5.91 Å². The maximum atomic E-state index is 12.1. The van der Waals surface area contributed by atoms with Gasteiger partial charge in [0.1, 0.15) is 6.04 Å². The number of rotatable bonds is 4. The van der Waals surface area contributed by atoms with Crippen LogP contribution in [0.25, 0.3) is 0 Å². The molecule has 1 unspecified atom stereocenters. The number of hydrogen-bond donors (Lipinski definition) is 1. The van der Waals surface area contributed by atoms with Gasteiger partial charge in [-0.2, -0.15) is 10.2 Å². The zero-order valence-electron chi connectivity index (χ0n) is 11.1. The number of nitrogens with zero attached hydrogens (tertiary/aromatic N) is 4. The fourth-order valence-corrected chi connectivity index (χ4v) is 1.97. The van der Waals surface area contributed by atoms with E-state index in [1.54, 1.807) is 15.6 Å². The van der Waals surface area contributed by atoms with E-state index in [-0.39, 0.29) is 11.9 Å². The summed E-state index contributed by atoms with van der Waals surface area (Å²) in [5.41, 5.74) is 1.82. The van der Waals surface area contributed by atoms with E-state index < -0.39 is 0 Å². The Morgan fingerprint density at radius 1 is 1.58 bits per heavy atom. The molecule has 7 heteroatoms. The van der Waals surface area contributed by atoms with Crippen molar-refractivity contribution in [1.29, 1.82) is 0 Å². The quantitative estimate of drug-likeness (QED) is 0.927. The first kappa shape index (κ1) is 13.8. The highest BCUT2D eigenvalue weighted by Crippen LogP contribution is 2.16. The minimum Gasteiger partial charge on any atom is -0.349 e. The molecule has 0 saturated heterocycles. The van der Waals surface area contributed by atoms with Crippen molar-refractivity contribution >= 4 is 21.8 Å². The third kappa shape index (κ3) is 3.04. The molecule has 0 aliphatic rings. The van der Waals surface area contributed by atoms with Gasteiger partial charge in [-0.3, -0.25) is 14.2 Å². The number of carbonyl (C=O) groups is 1. The summed E-state index contributed by atoms with van der Waals surface area (Å²) in [5.74, 6) is -0.0730. The van der Waals surface area contributed by atoms with Crippen molar-refractivity contribution in [2.24, 2.45) is 7.05 Å². The molecule has 2 rings (SSSR count). The molecule has 0 fully saturated rings. The molecule has 0 bridgehead atoms. The lowest BCUT2D eigenvalue weighted by Crippen LogP contribution is -2.31. The topological polar surface area (TPSA) is 64.7 Å². The Labute approximate surface area is 119 Å². The molecule has 6 nitrogen and oxygen atoms in total. The predicted octanol–water partition coefficient (Wildman–Crippen LogP) is 1.56. The van der Waals surface area contributed by atoms with E-state index in [9.17, 15) is 4.79 Å². The first-order chi connectivity index (χ1) is 8.99. The Balaban J connectivity index is 1.98. The summed E-state index contributed by atoms with van der Waals surface area (Å²) in [5, 5.41) is 11.2. The number of nitrogens with one attached hydrogen (secondary N) is 1. The third-order valence-corrected chi connectivity index (χ3v) is 3.78. The largest absolute Gasteiger partial charge is 0.349 e. The van der Waals surface area contributed by atoms with Gasteiger partial charge >= 0.3 is 0 Å². The highest BCUT2D eigenvalue weighted by Gasteiger charge is 2.16. The van der Waals surface area contributed by atoms with Gasteiger partial charge in [0.25, 0.3) is 0 Å². The molecule has 0 saturated carbocycles. The Morgan fingerprint density at radius 2 is 2.32 bits per heavy atom. The van der Waals surface area contributed by atoms with Crippen molar-refractivity contribution < 1.29 is 4.79 Å². The summed E-state index contributed by atoms with van der Waals surface area (Å²) in [7, 11) is 1.85. The van der Waals surface area contributed by atoms with Crippen LogP contribution in [0.3, 0.4) is 0 Å². The summed E-state index contributed by atoms with van der Waals surface area (Å²) in [4.78, 5) is 12.1. The first-order valence-corrected chi connectivity index (χ1v) is 6.74. The fourth-order valence-electron chi connectivity index (χ4n) is 1.68. The molecule has 2 aromatic rings. The van der Waals surface area contributed by atoms with Crippen molar-refractivity contribution in [3.8, 4) is 0 Å². The Kier molecular flexibility index (Phi) is 4.04. The number of aryl methyl sites for hydroxylation is 2. The van der Waals surface area contributed by atoms with Crippen molar-refractivity contribution in [2.75, 3.05) is 0 Å². The number of aromatic nitrogens is 4. The summed E-state index contributed by atoms with van der Waals surface area (Å²) in [6, 6.07) is 1.53. The molecule has 0 aromatic carbocycles. The van der Waals surface area contributed by atoms with Crippen LogP contribution in [-0.2, 0) is 18.4 Å². The molecule has 2 heterocycles. The van der Waals surface area contributed by atoms with Crippen molar-refractivity contribution in [3.63, 3.8) is 0 Å². The Morgan fingerprint density at radius 3 is 2.84 bits per heavy atom. The second kappa shape index (κ2) is 5.56. The normalized spacial score (nSPS) is 12.4. The zero-order valence-corrected chi connectivity index (χ0v) is 12.7. The molecule has 102 valence electrons. The lowest BCUT2D eigenvalue weighted by atomic mass is 10.3. The van der Waals surface area contributed by atoms with Crippen molar-refractivity contribution in [3.05, 3.63) is 34.3 Å². The van der Waals surface area contributed by atoms with Gasteiger partial charge in [-0.25, -0.2) is 0 Å². The molecule has 19 heavy (non-hydrogen) atoms. The standard InChI is InChI=1S/C12H16BrN5O/c1-8-11(13)7-18(16-8)9(2)12(19)14-6-10-4-5-15-17(10)3/h4-5,7,9H,6H2,1-3H3,(H,14,19). The molecule has 0 spiro atoms. The lowest BCUT2D eigenvalue weighted by Gasteiger charge is -2.12. The van der Waals surface area contributed by atoms with E-state index in [1.165, 1.54) is 0 Å². The second-order valence-electron chi connectivity index (χ2n) is 4.38. The Bertz CT molecular complexity index is 569. The fraction of sp³-hybridized carbons (Fsp3) is 0.417. The van der Waals surface area contributed by atoms with Gasteiger partial charge in [-0.05, 0) is 35.8 Å². The van der Waals surface area contributed by atoms with Gasteiger partial charge in [0.15, 0.2) is 0 Å². The number of carbonyl (C=O) groups excluding carboxylic acids is 1. The summed E-state index contributed by atoms with van der Waals surface area (Å²) in [6.45, 7) is 4.17. The van der Waals surface area contributed by atoms with Crippen LogP contribution in [0.5, 0.6) is 0 Å². The minimum absolute atomic E-state index is 0.0730. The monoisotopic (exact) mass is 325 g/mol. The third-order valence-electron chi connectivity index (χ3n) is 3.00. The molecule has 1 N–H and O–H groups in total. The Hall–Kier alpha value is -1.63. The minimum atomic E-state index is -0.349. The smallest absolute Gasteiger partial charge is 0.244 e. The van der Waals surface area contributed by atoms with Crippen LogP contribution >= 0.6 is 15.9 Å². The molecule has 2 aromatic heterocycles. The van der Waals surface area contributed by atoms with E-state index in [0.29, 0.717) is 6.54 Å². The van der Waals surface area contributed by atoms with Crippen LogP contribution in [0.15, 0.2) is 22.9 Å². The average molecular weight is 326 g/mol. The maximum Gasteiger partial charge on any atom is 0.244 e. The van der Waals surface area contributed by atoms with Gasteiger partial charge in [0, 0.05) is 19.4 Å². The molecule has 0 aliphatic carbocycles. The van der Waals surface area contributed by atoms with E-state index >= 15 is 0 Å². The van der Waals surface area contributed by atoms with Crippen LogP contribution in [0, 0.1) is 6.92 Å². The van der Waals surface area contributed by atoms with E-state index in [1.807, 2.05) is 33.2 Å². The number of hydrogen-bond acceptors (Lipinski definition) is 3. The van der Waals surface area contributed by atoms with Crippen LogP contribution in [0.2, 0.25) is 0 Å². The summed E-state index contributed by atoms with van der Waals surface area (Å²) < 4.78 is 4.29. The molecule has 0 aliphatic heterocycles. The van der Waals surface area contributed by atoms with Gasteiger partial charge in [0.05, 0.1) is 22.4 Å². The summed E-state index contributed by atoms with van der Waals surface area (Å²) in [6.07, 6.45) is 3.52. The van der Waals surface area contributed by atoms with E-state index in [2.05, 4.69) is 31.4 Å². The van der Waals surface area contributed by atoms with E-state index in [0.717, 1.165) is 15.9 Å². The van der Waals surface area contributed by atoms with Crippen molar-refractivity contribution in [2.45, 2.75) is 26.4 Å². The SMILES string of the molecule is Cc1nn(C(C)C(=O)NCc2ccnn2C)cc1Br. The zero-order chi connectivity index (χ0) is 14.0. The first-order valence-electron chi connectivity index (χ1n) is 5.95. The van der Waals surface area contributed by atoms with Gasteiger partial charge < -0.3 is 5.32 Å². The molecule has 1 atom stereocenters. The molecule has 0 radical (unpaired) electrons. The predicted molar refractivity (Wildman–Crippen MR) is 74.4 cm³/mol.